The summed E-state index contributed by atoms with van der Waals surface area (Å²) >= 11 is 0. The maximum atomic E-state index is 13.4. The van der Waals surface area contributed by atoms with Gasteiger partial charge in [-0.15, -0.1) is 0 Å². The van der Waals surface area contributed by atoms with Gasteiger partial charge in [-0.1, -0.05) is 24.3 Å². The molecule has 1 fully saturated rings. The van der Waals surface area contributed by atoms with Crippen LogP contribution in [0, 0.1) is 11.1 Å². The number of hydroxylamine groups is 3. The second-order valence-corrected chi connectivity index (χ2v) is 7.45. The summed E-state index contributed by atoms with van der Waals surface area (Å²) < 4.78 is 4.85. The molecular weight excluding hydrogens is 332 g/mol. The zero-order valence-electron chi connectivity index (χ0n) is 15.1. The molecule has 1 aromatic heterocycles. The number of methoxy groups -OCH3 is 1. The number of aromatic amines is 1. The Labute approximate surface area is 152 Å². The summed E-state index contributed by atoms with van der Waals surface area (Å²) in [7, 11) is 1.35. The van der Waals surface area contributed by atoms with Crippen LogP contribution in [0.2, 0.25) is 0 Å². The van der Waals surface area contributed by atoms with Crippen LogP contribution in [0.1, 0.15) is 24.6 Å². The molecule has 0 saturated carbocycles. The van der Waals surface area contributed by atoms with E-state index in [0.29, 0.717) is 25.2 Å². The molecule has 2 unspecified atom stereocenters. The summed E-state index contributed by atoms with van der Waals surface area (Å²) in [6.45, 7) is 2.59. The molecule has 6 nitrogen and oxygen atoms in total. The number of rotatable bonds is 2. The first-order valence-electron chi connectivity index (χ1n) is 9.00. The van der Waals surface area contributed by atoms with E-state index in [0.717, 1.165) is 22.0 Å². The van der Waals surface area contributed by atoms with Crippen LogP contribution >= 0.6 is 0 Å². The number of allylic oxidation sites excluding steroid dienone is 1. The molecule has 0 spiro atoms. The number of aliphatic hydroxyl groups is 1. The third-order valence-corrected chi connectivity index (χ3v) is 6.21. The monoisotopic (exact) mass is 356 g/mol. The number of quaternary nitrogens is 1. The van der Waals surface area contributed by atoms with Gasteiger partial charge in [0.15, 0.2) is 0 Å². The molecule has 138 valence electrons. The molecule has 1 saturated heterocycles. The Bertz CT molecular complexity index is 902. The van der Waals surface area contributed by atoms with E-state index in [-0.39, 0.29) is 23.7 Å². The van der Waals surface area contributed by atoms with E-state index < -0.39 is 11.4 Å². The molecule has 0 aliphatic carbocycles. The minimum Gasteiger partial charge on any atom is -0.632 e. The van der Waals surface area contributed by atoms with Crippen LogP contribution in [-0.4, -0.2) is 47.5 Å². The third kappa shape index (κ3) is 2.19. The lowest BCUT2D eigenvalue weighted by Gasteiger charge is -2.53. The zero-order chi connectivity index (χ0) is 18.5. The van der Waals surface area contributed by atoms with Gasteiger partial charge in [0.05, 0.1) is 20.3 Å². The smallest absolute Gasteiger partial charge is 0.320 e. The van der Waals surface area contributed by atoms with E-state index in [9.17, 15) is 15.1 Å². The lowest BCUT2D eigenvalue weighted by molar-refractivity contribution is -0.894. The largest absolute Gasteiger partial charge is 0.632 e. The van der Waals surface area contributed by atoms with Gasteiger partial charge in [0.1, 0.15) is 18.5 Å². The average Bonchev–Trinajstić information content (AvgIpc) is 3.00. The van der Waals surface area contributed by atoms with Gasteiger partial charge in [-0.3, -0.25) is 4.79 Å². The molecule has 5 rings (SSSR count). The fraction of sp³-hybridized carbons (Fsp3) is 0.450. The van der Waals surface area contributed by atoms with Crippen molar-refractivity contribution in [2.45, 2.75) is 25.3 Å². The maximum absolute atomic E-state index is 13.4. The second-order valence-electron chi connectivity index (χ2n) is 7.45. The summed E-state index contributed by atoms with van der Waals surface area (Å²) in [6, 6.07) is 7.73. The van der Waals surface area contributed by atoms with Crippen LogP contribution in [0.4, 0.5) is 0 Å². The number of nitrogens with one attached hydrogen (secondary N) is 1. The van der Waals surface area contributed by atoms with E-state index in [1.54, 1.807) is 0 Å². The Kier molecular flexibility index (Phi) is 3.95. The number of carbonyl (C=O) groups excluding carboxylic acids is 1. The Morgan fingerprint density at radius 1 is 1.46 bits per heavy atom. The highest BCUT2D eigenvalue weighted by atomic mass is 16.5. The van der Waals surface area contributed by atoms with Gasteiger partial charge in [-0.2, -0.15) is 0 Å². The van der Waals surface area contributed by atoms with Crippen molar-refractivity contribution < 1.29 is 19.3 Å². The lowest BCUT2D eigenvalue weighted by atomic mass is 9.64. The number of carbonyl (C=O) groups is 1. The molecule has 26 heavy (non-hydrogen) atoms. The van der Waals surface area contributed by atoms with Crippen molar-refractivity contribution in [1.29, 1.82) is 0 Å². The second kappa shape index (κ2) is 5.94. The fourth-order valence-electron chi connectivity index (χ4n) is 4.95. The predicted octanol–water partition coefficient (Wildman–Crippen LogP) is 2.37. The first-order valence-corrected chi connectivity index (χ1v) is 9.00. The summed E-state index contributed by atoms with van der Waals surface area (Å²) in [6.07, 6.45) is 2.48. The number of hydrogen-bond donors (Lipinski definition) is 2. The number of hydrogen-bond acceptors (Lipinski definition) is 4. The van der Waals surface area contributed by atoms with Crippen molar-refractivity contribution in [2.75, 3.05) is 26.8 Å². The molecule has 0 amide bonds. The van der Waals surface area contributed by atoms with Crippen molar-refractivity contribution >= 4 is 16.9 Å². The molecule has 2 bridgehead atoms. The SMILES string of the molecule is CC=C1C[N+]2([O-])CCC1[C@](CO)(C(=O)OC)c1[nH]c3ccccc3c1C2. The number of ether oxygens (including phenoxy) is 1. The summed E-state index contributed by atoms with van der Waals surface area (Å²) in [5, 5.41) is 24.9. The number of benzene rings is 1. The normalized spacial score (nSPS) is 32.3. The quantitative estimate of drug-likeness (QED) is 0.374. The number of esters is 1. The molecule has 1 aromatic carbocycles. The van der Waals surface area contributed by atoms with E-state index in [4.69, 9.17) is 4.74 Å². The van der Waals surface area contributed by atoms with Crippen LogP contribution in [0.25, 0.3) is 10.9 Å². The van der Waals surface area contributed by atoms with Gasteiger partial charge in [0.2, 0.25) is 0 Å². The van der Waals surface area contributed by atoms with Crippen molar-refractivity contribution in [2.24, 2.45) is 5.92 Å². The van der Waals surface area contributed by atoms with Gasteiger partial charge in [-0.05, 0) is 18.6 Å². The molecule has 3 aliphatic rings. The van der Waals surface area contributed by atoms with Crippen LogP contribution < -0.4 is 0 Å². The highest BCUT2D eigenvalue weighted by molar-refractivity contribution is 5.91. The topological polar surface area (TPSA) is 85.4 Å². The maximum Gasteiger partial charge on any atom is 0.320 e. The van der Waals surface area contributed by atoms with Crippen LogP contribution in [0.5, 0.6) is 0 Å². The number of aliphatic hydroxyl groups excluding tert-OH is 1. The standard InChI is InChI=1S/C20H24N2O4/c1-3-13-10-22(25)9-8-16(13)20(12-23,19(24)26-2)18-15(11-22)14-6-4-5-7-17(14)21-18/h3-7,16,21,23H,8-12H2,1-2H3/t16?,20-,22?/m0/s1. The van der Waals surface area contributed by atoms with Gasteiger partial charge in [-0.25, -0.2) is 0 Å². The Hall–Kier alpha value is -2.15. The Morgan fingerprint density at radius 2 is 2.23 bits per heavy atom. The van der Waals surface area contributed by atoms with E-state index in [1.807, 2.05) is 37.3 Å². The number of piperidine rings is 1. The number of nitrogens with zero attached hydrogens (tertiary/aromatic N) is 1. The molecular formula is C20H24N2O4. The average molecular weight is 356 g/mol. The fourth-order valence-corrected chi connectivity index (χ4v) is 4.95. The minimum absolute atomic E-state index is 0.253. The summed E-state index contributed by atoms with van der Waals surface area (Å²) in [4.78, 5) is 16.4. The first-order chi connectivity index (χ1) is 12.5. The van der Waals surface area contributed by atoms with E-state index >= 15 is 0 Å². The van der Waals surface area contributed by atoms with Crippen molar-refractivity contribution in [1.82, 2.24) is 4.98 Å². The van der Waals surface area contributed by atoms with Gasteiger partial charge >= 0.3 is 5.97 Å². The van der Waals surface area contributed by atoms with Gasteiger partial charge < -0.3 is 24.7 Å². The third-order valence-electron chi connectivity index (χ3n) is 6.21. The van der Waals surface area contributed by atoms with Crippen LogP contribution in [0.15, 0.2) is 35.9 Å². The van der Waals surface area contributed by atoms with Crippen molar-refractivity contribution in [3.8, 4) is 0 Å². The Morgan fingerprint density at radius 3 is 2.92 bits per heavy atom. The zero-order valence-corrected chi connectivity index (χ0v) is 15.1. The first kappa shape index (κ1) is 17.3. The lowest BCUT2D eigenvalue weighted by Crippen LogP contribution is -2.59. The van der Waals surface area contributed by atoms with Crippen LogP contribution in [0.3, 0.4) is 0 Å². The molecule has 6 heteroatoms. The molecule has 4 heterocycles. The van der Waals surface area contributed by atoms with Gasteiger partial charge in [0, 0.05) is 34.5 Å². The summed E-state index contributed by atoms with van der Waals surface area (Å²) in [5.41, 5.74) is 2.05. The molecule has 3 aliphatic heterocycles. The molecule has 2 N–H and O–H groups in total. The molecule has 0 radical (unpaired) electrons. The minimum atomic E-state index is -1.21. The van der Waals surface area contributed by atoms with Gasteiger partial charge in [0.25, 0.3) is 0 Å². The van der Waals surface area contributed by atoms with Crippen molar-refractivity contribution in [3.63, 3.8) is 0 Å². The highest BCUT2D eigenvalue weighted by Crippen LogP contribution is 2.49. The van der Waals surface area contributed by atoms with E-state index in [1.165, 1.54) is 7.11 Å². The molecule has 2 aromatic rings. The summed E-state index contributed by atoms with van der Waals surface area (Å²) in [5.74, 6) is -0.706. The molecule has 3 atom stereocenters. The van der Waals surface area contributed by atoms with E-state index in [2.05, 4.69) is 4.98 Å². The number of aromatic nitrogens is 1. The predicted molar refractivity (Wildman–Crippen MR) is 98.0 cm³/mol. The number of fused-ring (bicyclic) bond motifs is 3. The Balaban J connectivity index is 2.09. The van der Waals surface area contributed by atoms with Crippen molar-refractivity contribution in [3.05, 3.63) is 52.4 Å². The number of H-pyrrole nitrogens is 1. The number of para-hydroxylation sites is 1. The highest BCUT2D eigenvalue weighted by Gasteiger charge is 2.56. The van der Waals surface area contributed by atoms with Crippen LogP contribution in [-0.2, 0) is 21.5 Å².